The largest absolute Gasteiger partial charge is 0.310 e. The number of fused-ring (bicyclic) bond motifs is 1. The number of hydrogen-bond donors (Lipinski definition) is 2. The molecule has 0 spiro atoms. The first-order chi connectivity index (χ1) is 16.5. The standard InChI is InChI=1S/C25H23N7O2/c1-16-13-21(32(30-16)25-28-23-20(24(34)29-25)15-26-31(23)2)27-22(33)14-19(17-9-5-3-6-10-17)18-11-7-4-8-12-18/h3-13,15,19H,14H2,1-2H3,(H,27,33)(H,28,29,34). The highest BCUT2D eigenvalue weighted by molar-refractivity contribution is 5.91. The van der Waals surface area contributed by atoms with Gasteiger partial charge >= 0.3 is 0 Å². The summed E-state index contributed by atoms with van der Waals surface area (Å²) in [6.45, 7) is 1.81. The molecule has 9 heteroatoms. The molecule has 0 atom stereocenters. The highest BCUT2D eigenvalue weighted by Crippen LogP contribution is 2.28. The molecule has 2 N–H and O–H groups in total. The quantitative estimate of drug-likeness (QED) is 0.410. The number of H-pyrrole nitrogens is 1. The van der Waals surface area contributed by atoms with Crippen LogP contribution in [0.5, 0.6) is 0 Å². The van der Waals surface area contributed by atoms with Crippen LogP contribution in [0, 0.1) is 6.92 Å². The van der Waals surface area contributed by atoms with Gasteiger partial charge < -0.3 is 5.32 Å². The lowest BCUT2D eigenvalue weighted by atomic mass is 9.88. The second-order valence-corrected chi connectivity index (χ2v) is 8.10. The molecule has 0 aliphatic heterocycles. The van der Waals surface area contributed by atoms with Crippen molar-refractivity contribution in [2.24, 2.45) is 7.05 Å². The number of aromatic nitrogens is 6. The molecule has 0 aliphatic carbocycles. The Kier molecular flexibility index (Phi) is 5.51. The van der Waals surface area contributed by atoms with E-state index in [2.05, 4.69) is 25.5 Å². The number of carbonyl (C=O) groups excluding carboxylic acids is 1. The average Bonchev–Trinajstić information content (AvgIpc) is 3.41. The van der Waals surface area contributed by atoms with Crippen molar-refractivity contribution in [3.05, 3.63) is 100 Å². The second kappa shape index (κ2) is 8.78. The third-order valence-electron chi connectivity index (χ3n) is 5.68. The Morgan fingerprint density at radius 3 is 2.35 bits per heavy atom. The summed E-state index contributed by atoms with van der Waals surface area (Å²) in [5.74, 6) is 0.339. The number of nitrogens with one attached hydrogen (secondary N) is 2. The van der Waals surface area contributed by atoms with E-state index in [1.807, 2.05) is 67.6 Å². The van der Waals surface area contributed by atoms with Gasteiger partial charge in [-0.15, -0.1) is 0 Å². The topological polar surface area (TPSA) is 110 Å². The van der Waals surface area contributed by atoms with Crippen LogP contribution in [0.3, 0.4) is 0 Å². The van der Waals surface area contributed by atoms with Crippen molar-refractivity contribution >= 4 is 22.8 Å². The van der Waals surface area contributed by atoms with Gasteiger partial charge in [0.2, 0.25) is 11.9 Å². The van der Waals surface area contributed by atoms with Crippen molar-refractivity contribution in [3.63, 3.8) is 0 Å². The molecular weight excluding hydrogens is 430 g/mol. The van der Waals surface area contributed by atoms with Gasteiger partial charge in [-0.1, -0.05) is 60.7 Å². The second-order valence-electron chi connectivity index (χ2n) is 8.10. The molecule has 0 bridgehead atoms. The zero-order chi connectivity index (χ0) is 23.7. The number of hydrogen-bond acceptors (Lipinski definition) is 5. The minimum absolute atomic E-state index is 0.108. The van der Waals surface area contributed by atoms with Crippen LogP contribution < -0.4 is 10.9 Å². The maximum absolute atomic E-state index is 13.2. The molecule has 0 saturated carbocycles. The van der Waals surface area contributed by atoms with E-state index in [0.717, 1.165) is 11.1 Å². The number of aryl methyl sites for hydroxylation is 2. The maximum Gasteiger partial charge on any atom is 0.263 e. The van der Waals surface area contributed by atoms with Gasteiger partial charge in [0.25, 0.3) is 5.56 Å². The highest BCUT2D eigenvalue weighted by Gasteiger charge is 2.20. The van der Waals surface area contributed by atoms with Gasteiger partial charge in [-0.2, -0.15) is 19.9 Å². The maximum atomic E-state index is 13.2. The molecule has 3 heterocycles. The molecule has 1 amide bonds. The Bertz CT molecular complexity index is 1480. The molecule has 0 saturated heterocycles. The molecule has 0 aliphatic rings. The lowest BCUT2D eigenvalue weighted by Crippen LogP contribution is -2.20. The molecule has 0 radical (unpaired) electrons. The molecule has 34 heavy (non-hydrogen) atoms. The third kappa shape index (κ3) is 4.11. The van der Waals surface area contributed by atoms with E-state index in [0.29, 0.717) is 22.5 Å². The van der Waals surface area contributed by atoms with Crippen molar-refractivity contribution in [2.45, 2.75) is 19.3 Å². The summed E-state index contributed by atoms with van der Waals surface area (Å²) in [5, 5.41) is 11.9. The van der Waals surface area contributed by atoms with Crippen molar-refractivity contribution in [2.75, 3.05) is 5.32 Å². The molecule has 170 valence electrons. The van der Waals surface area contributed by atoms with Crippen molar-refractivity contribution in [1.29, 1.82) is 0 Å². The summed E-state index contributed by atoms with van der Waals surface area (Å²) in [7, 11) is 1.71. The van der Waals surface area contributed by atoms with Gasteiger partial charge in [-0.25, -0.2) is 0 Å². The minimum Gasteiger partial charge on any atom is -0.310 e. The Morgan fingerprint density at radius 1 is 1.06 bits per heavy atom. The number of carbonyl (C=O) groups is 1. The summed E-state index contributed by atoms with van der Waals surface area (Å²) in [6, 6.07) is 21.6. The molecule has 9 nitrogen and oxygen atoms in total. The summed E-state index contributed by atoms with van der Waals surface area (Å²) in [4.78, 5) is 32.9. The van der Waals surface area contributed by atoms with Gasteiger partial charge in [-0.3, -0.25) is 19.3 Å². The summed E-state index contributed by atoms with van der Waals surface area (Å²) in [5.41, 5.74) is 2.89. The van der Waals surface area contributed by atoms with Crippen LogP contribution in [0.25, 0.3) is 17.0 Å². The Labute approximate surface area is 195 Å². The van der Waals surface area contributed by atoms with E-state index in [1.54, 1.807) is 13.1 Å². The molecule has 5 rings (SSSR count). The summed E-state index contributed by atoms with van der Waals surface area (Å²) < 4.78 is 2.95. The smallest absolute Gasteiger partial charge is 0.263 e. The SMILES string of the molecule is Cc1cc(NC(=O)CC(c2ccccc2)c2ccccc2)n(-c2nc3c(cnn3C)c(=O)[nH]2)n1. The number of amides is 1. The lowest BCUT2D eigenvalue weighted by Gasteiger charge is -2.18. The predicted octanol–water partition coefficient (Wildman–Crippen LogP) is 3.31. The zero-order valence-electron chi connectivity index (χ0n) is 18.8. The fraction of sp³-hybridized carbons (Fsp3) is 0.160. The van der Waals surface area contributed by atoms with E-state index < -0.39 is 0 Å². The lowest BCUT2D eigenvalue weighted by molar-refractivity contribution is -0.116. The van der Waals surface area contributed by atoms with Crippen LogP contribution in [0.4, 0.5) is 5.82 Å². The van der Waals surface area contributed by atoms with Crippen molar-refractivity contribution < 1.29 is 4.79 Å². The van der Waals surface area contributed by atoms with E-state index in [4.69, 9.17) is 0 Å². The number of anilines is 1. The number of rotatable bonds is 6. The van der Waals surface area contributed by atoms with Gasteiger partial charge in [0, 0.05) is 25.5 Å². The van der Waals surface area contributed by atoms with Crippen molar-refractivity contribution in [1.82, 2.24) is 29.5 Å². The highest BCUT2D eigenvalue weighted by atomic mass is 16.1. The van der Waals surface area contributed by atoms with Crippen LogP contribution in [0.15, 0.2) is 77.7 Å². The molecular formula is C25H23N7O2. The van der Waals surface area contributed by atoms with Crippen LogP contribution in [0.1, 0.15) is 29.2 Å². The number of aromatic amines is 1. The number of benzene rings is 2. The Balaban J connectivity index is 1.46. The van der Waals surface area contributed by atoms with E-state index >= 15 is 0 Å². The van der Waals surface area contributed by atoms with E-state index in [-0.39, 0.29) is 29.8 Å². The zero-order valence-corrected chi connectivity index (χ0v) is 18.8. The first kappa shape index (κ1) is 21.3. The van der Waals surface area contributed by atoms with Gasteiger partial charge in [0.05, 0.1) is 11.9 Å². The van der Waals surface area contributed by atoms with Crippen LogP contribution in [-0.2, 0) is 11.8 Å². The fourth-order valence-corrected chi connectivity index (χ4v) is 4.05. The van der Waals surface area contributed by atoms with E-state index in [9.17, 15) is 9.59 Å². The van der Waals surface area contributed by atoms with E-state index in [1.165, 1.54) is 15.6 Å². The fourth-order valence-electron chi connectivity index (χ4n) is 4.05. The Morgan fingerprint density at radius 2 is 1.71 bits per heavy atom. The van der Waals surface area contributed by atoms with Crippen LogP contribution >= 0.6 is 0 Å². The Hall–Kier alpha value is -4.53. The normalized spacial score (nSPS) is 11.3. The summed E-state index contributed by atoms with van der Waals surface area (Å²) in [6.07, 6.45) is 1.71. The van der Waals surface area contributed by atoms with Crippen molar-refractivity contribution in [3.8, 4) is 5.95 Å². The van der Waals surface area contributed by atoms with Gasteiger partial charge in [0.15, 0.2) is 5.65 Å². The van der Waals surface area contributed by atoms with Gasteiger partial charge in [-0.05, 0) is 18.1 Å². The minimum atomic E-state index is -0.327. The molecule has 0 unspecified atom stereocenters. The monoisotopic (exact) mass is 453 g/mol. The molecule has 3 aromatic heterocycles. The molecule has 0 fully saturated rings. The summed E-state index contributed by atoms with van der Waals surface area (Å²) >= 11 is 0. The first-order valence-corrected chi connectivity index (χ1v) is 10.9. The van der Waals surface area contributed by atoms with Gasteiger partial charge in [0.1, 0.15) is 11.2 Å². The third-order valence-corrected chi connectivity index (χ3v) is 5.68. The molecule has 5 aromatic rings. The number of nitrogens with zero attached hydrogens (tertiary/aromatic N) is 5. The first-order valence-electron chi connectivity index (χ1n) is 10.9. The molecule has 2 aromatic carbocycles. The average molecular weight is 454 g/mol. The van der Waals surface area contributed by atoms with Crippen LogP contribution in [-0.4, -0.2) is 35.4 Å². The predicted molar refractivity (Wildman–Crippen MR) is 129 cm³/mol. The van der Waals surface area contributed by atoms with Crippen LogP contribution in [0.2, 0.25) is 0 Å².